The molecule has 1 aliphatic carbocycles. The summed E-state index contributed by atoms with van der Waals surface area (Å²) in [5, 5.41) is 27.5. The lowest BCUT2D eigenvalue weighted by molar-refractivity contribution is -0.128. The van der Waals surface area contributed by atoms with Gasteiger partial charge in [0.05, 0.1) is 35.5 Å². The molecule has 2 amide bonds. The molecule has 0 radical (unpaired) electrons. The number of benzene rings is 1. The second-order valence-electron chi connectivity index (χ2n) is 13.0. The zero-order chi connectivity index (χ0) is 31.3. The summed E-state index contributed by atoms with van der Waals surface area (Å²) in [4.78, 5) is 28.3. The molecular formula is C32H55N3O6S. The predicted molar refractivity (Wildman–Crippen MR) is 168 cm³/mol. The SMILES string of the molecule is CC(C)C[C@H](O)[C@H](O)[C@H](CC1CCCCC1)NC(=O)[C@H](C)CNC(=O)C(Cc1ccccc1)CS(=O)(=O)CCN(C)C. The molecule has 0 aliphatic heterocycles. The third kappa shape index (κ3) is 13.5. The lowest BCUT2D eigenvalue weighted by Crippen LogP contribution is -2.52. The van der Waals surface area contributed by atoms with Crippen LogP contribution in [0.3, 0.4) is 0 Å². The second kappa shape index (κ2) is 18.0. The molecule has 240 valence electrons. The fraction of sp³-hybridized carbons (Fsp3) is 0.750. The lowest BCUT2D eigenvalue weighted by atomic mass is 9.82. The summed E-state index contributed by atoms with van der Waals surface area (Å²) in [7, 11) is 0.125. The van der Waals surface area contributed by atoms with Gasteiger partial charge in [0.1, 0.15) is 6.10 Å². The monoisotopic (exact) mass is 609 g/mol. The van der Waals surface area contributed by atoms with Crippen LogP contribution in [-0.4, -0.2) is 92.3 Å². The number of hydrogen-bond donors (Lipinski definition) is 4. The molecule has 5 atom stereocenters. The molecule has 2 rings (SSSR count). The highest BCUT2D eigenvalue weighted by atomic mass is 32.2. The van der Waals surface area contributed by atoms with Crippen molar-refractivity contribution in [2.45, 2.75) is 90.4 Å². The number of rotatable bonds is 18. The molecule has 42 heavy (non-hydrogen) atoms. The van der Waals surface area contributed by atoms with Crippen LogP contribution in [0.1, 0.15) is 71.3 Å². The summed E-state index contributed by atoms with van der Waals surface area (Å²) in [6.07, 6.45) is 4.85. The highest BCUT2D eigenvalue weighted by Crippen LogP contribution is 2.29. The number of nitrogens with zero attached hydrogens (tertiary/aromatic N) is 1. The quantitative estimate of drug-likeness (QED) is 0.201. The number of carbonyl (C=O) groups is 2. The highest BCUT2D eigenvalue weighted by Gasteiger charge is 2.32. The van der Waals surface area contributed by atoms with E-state index in [1.54, 1.807) is 25.9 Å². The van der Waals surface area contributed by atoms with E-state index in [0.29, 0.717) is 25.3 Å². The van der Waals surface area contributed by atoms with E-state index >= 15 is 0 Å². The maximum absolute atomic E-state index is 13.3. The molecule has 10 heteroatoms. The Labute approximate surface area is 253 Å². The normalized spacial score (nSPS) is 18.3. The van der Waals surface area contributed by atoms with Crippen LogP contribution in [0.2, 0.25) is 0 Å². The van der Waals surface area contributed by atoms with Crippen LogP contribution < -0.4 is 10.6 Å². The van der Waals surface area contributed by atoms with Crippen LogP contribution in [0.4, 0.5) is 0 Å². The maximum atomic E-state index is 13.3. The summed E-state index contributed by atoms with van der Waals surface area (Å²) in [5.74, 6) is -1.85. The van der Waals surface area contributed by atoms with E-state index in [0.717, 1.165) is 31.2 Å². The number of carbonyl (C=O) groups excluding carboxylic acids is 2. The molecule has 0 heterocycles. The summed E-state index contributed by atoms with van der Waals surface area (Å²) in [6, 6.07) is 8.73. The van der Waals surface area contributed by atoms with Crippen molar-refractivity contribution in [3.05, 3.63) is 35.9 Å². The Kier molecular flexibility index (Phi) is 15.5. The summed E-state index contributed by atoms with van der Waals surface area (Å²) >= 11 is 0. The average molecular weight is 610 g/mol. The molecule has 1 aliphatic rings. The number of sulfone groups is 1. The molecule has 1 unspecified atom stereocenters. The maximum Gasteiger partial charge on any atom is 0.224 e. The first-order chi connectivity index (χ1) is 19.8. The minimum absolute atomic E-state index is 0.0362. The van der Waals surface area contributed by atoms with Crippen molar-refractivity contribution in [1.82, 2.24) is 15.5 Å². The fourth-order valence-corrected chi connectivity index (χ4v) is 7.30. The van der Waals surface area contributed by atoms with Gasteiger partial charge in [0.15, 0.2) is 9.84 Å². The molecule has 0 bridgehead atoms. The molecular weight excluding hydrogens is 554 g/mol. The first-order valence-electron chi connectivity index (χ1n) is 15.6. The van der Waals surface area contributed by atoms with Crippen molar-refractivity contribution in [2.75, 3.05) is 38.7 Å². The second-order valence-corrected chi connectivity index (χ2v) is 15.2. The molecule has 1 fully saturated rings. The molecule has 1 saturated carbocycles. The van der Waals surface area contributed by atoms with Gasteiger partial charge in [-0.3, -0.25) is 9.59 Å². The van der Waals surface area contributed by atoms with Crippen LogP contribution in [-0.2, 0) is 25.8 Å². The third-order valence-electron chi connectivity index (χ3n) is 8.19. The first-order valence-corrected chi connectivity index (χ1v) is 17.4. The van der Waals surface area contributed by atoms with Gasteiger partial charge in [-0.2, -0.15) is 0 Å². The smallest absolute Gasteiger partial charge is 0.224 e. The van der Waals surface area contributed by atoms with E-state index in [1.807, 2.05) is 44.2 Å². The average Bonchev–Trinajstić information content (AvgIpc) is 2.94. The summed E-state index contributed by atoms with van der Waals surface area (Å²) < 4.78 is 25.7. The standard InChI is InChI=1S/C32H55N3O6S/c1-23(2)18-29(36)30(37)28(20-26-14-10-7-11-15-26)34-31(38)24(3)21-33-32(39)27(19-25-12-8-6-9-13-25)22-42(40,41)17-16-35(4)5/h6,8-9,12-13,23-24,26-30,36-37H,7,10-11,14-22H2,1-5H3,(H,33,39)(H,34,38)/t24-,27?,28+,29+,30-/m1/s1. The van der Waals surface area contributed by atoms with E-state index in [9.17, 15) is 28.2 Å². The van der Waals surface area contributed by atoms with Crippen molar-refractivity contribution >= 4 is 21.7 Å². The Morgan fingerprint density at radius 1 is 1.00 bits per heavy atom. The lowest BCUT2D eigenvalue weighted by Gasteiger charge is -2.33. The number of nitrogens with one attached hydrogen (secondary N) is 2. The summed E-state index contributed by atoms with van der Waals surface area (Å²) in [5.41, 5.74) is 0.866. The van der Waals surface area contributed by atoms with Crippen LogP contribution in [0.15, 0.2) is 30.3 Å². The Bertz CT molecular complexity index is 1040. The highest BCUT2D eigenvalue weighted by molar-refractivity contribution is 7.91. The Hall–Kier alpha value is -2.01. The minimum Gasteiger partial charge on any atom is -0.390 e. The fourth-order valence-electron chi connectivity index (χ4n) is 5.61. The number of amides is 2. The van der Waals surface area contributed by atoms with Crippen molar-refractivity contribution in [2.24, 2.45) is 23.7 Å². The first kappa shape index (κ1) is 36.2. The predicted octanol–water partition coefficient (Wildman–Crippen LogP) is 2.80. The zero-order valence-corrected chi connectivity index (χ0v) is 27.1. The van der Waals surface area contributed by atoms with E-state index < -0.39 is 45.8 Å². The summed E-state index contributed by atoms with van der Waals surface area (Å²) in [6.45, 7) is 6.07. The number of aliphatic hydroxyl groups is 2. The third-order valence-corrected chi connectivity index (χ3v) is 9.90. The van der Waals surface area contributed by atoms with Gasteiger partial charge in [-0.25, -0.2) is 8.42 Å². The van der Waals surface area contributed by atoms with Gasteiger partial charge in [0, 0.05) is 13.1 Å². The molecule has 9 nitrogen and oxygen atoms in total. The van der Waals surface area contributed by atoms with E-state index in [2.05, 4.69) is 10.6 Å². The van der Waals surface area contributed by atoms with Crippen molar-refractivity contribution in [3.8, 4) is 0 Å². The van der Waals surface area contributed by atoms with Crippen LogP contribution in [0.5, 0.6) is 0 Å². The van der Waals surface area contributed by atoms with Crippen molar-refractivity contribution in [3.63, 3.8) is 0 Å². The van der Waals surface area contributed by atoms with Crippen molar-refractivity contribution < 1.29 is 28.2 Å². The topological polar surface area (TPSA) is 136 Å². The molecule has 1 aromatic rings. The minimum atomic E-state index is -3.49. The molecule has 0 spiro atoms. The van der Waals surface area contributed by atoms with E-state index in [1.165, 1.54) is 6.42 Å². The van der Waals surface area contributed by atoms with Crippen LogP contribution in [0.25, 0.3) is 0 Å². The van der Waals surface area contributed by atoms with Gasteiger partial charge in [-0.05, 0) is 50.8 Å². The Balaban J connectivity index is 2.06. The van der Waals surface area contributed by atoms with Gasteiger partial charge in [-0.1, -0.05) is 83.2 Å². The van der Waals surface area contributed by atoms with E-state index in [-0.39, 0.29) is 36.3 Å². The van der Waals surface area contributed by atoms with Crippen molar-refractivity contribution in [1.29, 1.82) is 0 Å². The van der Waals surface area contributed by atoms with E-state index in [4.69, 9.17) is 0 Å². The van der Waals surface area contributed by atoms with Crippen LogP contribution >= 0.6 is 0 Å². The Morgan fingerprint density at radius 3 is 2.24 bits per heavy atom. The number of aliphatic hydroxyl groups excluding tert-OH is 2. The largest absolute Gasteiger partial charge is 0.390 e. The van der Waals surface area contributed by atoms with Gasteiger partial charge in [0.2, 0.25) is 11.8 Å². The van der Waals surface area contributed by atoms with Gasteiger partial charge in [0.25, 0.3) is 0 Å². The number of hydrogen-bond acceptors (Lipinski definition) is 7. The van der Waals surface area contributed by atoms with Gasteiger partial charge in [-0.15, -0.1) is 0 Å². The van der Waals surface area contributed by atoms with Crippen LogP contribution in [0, 0.1) is 23.7 Å². The molecule has 0 aromatic heterocycles. The van der Waals surface area contributed by atoms with Gasteiger partial charge < -0.3 is 25.7 Å². The molecule has 4 N–H and O–H groups in total. The zero-order valence-electron chi connectivity index (χ0n) is 26.3. The molecule has 0 saturated heterocycles. The Morgan fingerprint density at radius 2 is 1.64 bits per heavy atom. The molecule has 1 aromatic carbocycles. The van der Waals surface area contributed by atoms with Gasteiger partial charge >= 0.3 is 0 Å².